The molecule has 0 spiro atoms. The van der Waals surface area contributed by atoms with Crippen molar-refractivity contribution in [1.29, 1.82) is 0 Å². The van der Waals surface area contributed by atoms with Crippen LogP contribution in [0, 0.1) is 42.4 Å². The monoisotopic (exact) mass is 989 g/mol. The second kappa shape index (κ2) is 43.9. The fraction of sp³-hybridized carbons (Fsp3) is 0.682. The molecular formula is C66H117FN2O2. The number of aliphatic imine (C=N–C) groups is 1. The maximum atomic E-state index is 14.5. The van der Waals surface area contributed by atoms with Crippen molar-refractivity contribution < 1.29 is 14.0 Å². The molecule has 0 radical (unpaired) electrons. The van der Waals surface area contributed by atoms with Crippen molar-refractivity contribution in [3.8, 4) is 0 Å². The normalized spacial score (nSPS) is 18.1. The first-order valence-corrected chi connectivity index (χ1v) is 28.6. The Morgan fingerprint density at radius 1 is 0.803 bits per heavy atom. The Balaban J connectivity index is -0.000000615. The van der Waals surface area contributed by atoms with Gasteiger partial charge >= 0.3 is 0 Å². The number of carbonyl (C=O) groups is 2. The van der Waals surface area contributed by atoms with E-state index in [0.29, 0.717) is 11.5 Å². The van der Waals surface area contributed by atoms with Crippen LogP contribution in [-0.4, -0.2) is 17.8 Å². The third-order valence-electron chi connectivity index (χ3n) is 12.7. The Morgan fingerprint density at radius 2 is 1.27 bits per heavy atom. The molecule has 0 bridgehead atoms. The Bertz CT molecular complexity index is 1740. The van der Waals surface area contributed by atoms with Gasteiger partial charge in [-0.15, -0.1) is 0 Å². The van der Waals surface area contributed by atoms with Crippen LogP contribution >= 0.6 is 0 Å². The number of Topliss-reactive ketones (excluding diaryl/α,β-unsaturated/α-hetero) is 2. The number of ketones is 2. The molecule has 71 heavy (non-hydrogen) atoms. The summed E-state index contributed by atoms with van der Waals surface area (Å²) in [5.74, 6) is 5.26. The highest BCUT2D eigenvalue weighted by molar-refractivity contribution is 5.92. The number of benzene rings is 1. The largest absolute Gasteiger partial charge is 0.356 e. The van der Waals surface area contributed by atoms with E-state index >= 15 is 0 Å². The summed E-state index contributed by atoms with van der Waals surface area (Å²) in [7, 11) is 0. The zero-order valence-electron chi connectivity index (χ0n) is 51.2. The number of halogens is 1. The van der Waals surface area contributed by atoms with Gasteiger partial charge in [0.25, 0.3) is 0 Å². The van der Waals surface area contributed by atoms with Crippen LogP contribution in [0.25, 0.3) is 5.57 Å². The van der Waals surface area contributed by atoms with E-state index in [2.05, 4.69) is 134 Å². The minimum atomic E-state index is -0.464. The van der Waals surface area contributed by atoms with Crippen LogP contribution < -0.4 is 5.32 Å². The van der Waals surface area contributed by atoms with Crippen LogP contribution in [0.1, 0.15) is 265 Å². The van der Waals surface area contributed by atoms with E-state index < -0.39 is 11.2 Å². The van der Waals surface area contributed by atoms with E-state index in [-0.39, 0.29) is 11.7 Å². The van der Waals surface area contributed by atoms with Gasteiger partial charge in [0.15, 0.2) is 0 Å². The molecule has 2 saturated carbocycles. The van der Waals surface area contributed by atoms with Crippen LogP contribution in [0.3, 0.4) is 0 Å². The van der Waals surface area contributed by atoms with Crippen LogP contribution in [0.4, 0.5) is 4.39 Å². The predicted molar refractivity (Wildman–Crippen MR) is 320 cm³/mol. The number of nitrogens with one attached hydrogen (secondary N) is 1. The second-order valence-electron chi connectivity index (χ2n) is 21.2. The summed E-state index contributed by atoms with van der Waals surface area (Å²) in [5.41, 5.74) is 7.35. The zero-order valence-corrected chi connectivity index (χ0v) is 51.2. The molecule has 2 aliphatic rings. The molecule has 0 heterocycles. The number of aryl methyl sites for hydroxylation is 1. The van der Waals surface area contributed by atoms with E-state index in [1.807, 2.05) is 60.8 Å². The summed E-state index contributed by atoms with van der Waals surface area (Å²) in [6.07, 6.45) is 25.1. The van der Waals surface area contributed by atoms with Crippen molar-refractivity contribution in [2.75, 3.05) is 0 Å². The molecule has 3 rings (SSSR count). The van der Waals surface area contributed by atoms with Crippen LogP contribution in [0.2, 0.25) is 0 Å². The molecule has 1 N–H and O–H groups in total. The highest BCUT2D eigenvalue weighted by Gasteiger charge is 2.41. The average Bonchev–Trinajstić information content (AvgIpc) is 3.80. The zero-order chi connectivity index (χ0) is 55.9. The van der Waals surface area contributed by atoms with Gasteiger partial charge in [0.1, 0.15) is 17.4 Å². The Morgan fingerprint density at radius 3 is 1.59 bits per heavy atom. The van der Waals surface area contributed by atoms with Gasteiger partial charge in [-0.05, 0) is 169 Å². The fourth-order valence-corrected chi connectivity index (χ4v) is 8.74. The lowest BCUT2D eigenvalue weighted by molar-refractivity contribution is -0.129. The average molecular weight is 990 g/mol. The molecule has 0 saturated heterocycles. The molecule has 0 amide bonds. The van der Waals surface area contributed by atoms with Gasteiger partial charge in [-0.1, -0.05) is 199 Å². The molecule has 1 aromatic carbocycles. The molecular weight excluding hydrogens is 872 g/mol. The summed E-state index contributed by atoms with van der Waals surface area (Å²) in [4.78, 5) is 28.0. The van der Waals surface area contributed by atoms with Crippen molar-refractivity contribution in [3.63, 3.8) is 0 Å². The molecule has 4 nitrogen and oxygen atoms in total. The molecule has 0 aromatic heterocycles. The summed E-state index contributed by atoms with van der Waals surface area (Å²) in [6.45, 7) is 55.4. The number of hydrogen-bond acceptors (Lipinski definition) is 4. The fourth-order valence-electron chi connectivity index (χ4n) is 8.74. The van der Waals surface area contributed by atoms with Crippen molar-refractivity contribution >= 4 is 23.4 Å². The van der Waals surface area contributed by atoms with Gasteiger partial charge in [-0.3, -0.25) is 9.79 Å². The molecule has 3 atom stereocenters. The minimum absolute atomic E-state index is 0.0257. The van der Waals surface area contributed by atoms with Crippen molar-refractivity contribution in [3.05, 3.63) is 100 Å². The lowest BCUT2D eigenvalue weighted by atomic mass is 9.65. The number of nitrogens with zero attached hydrogens (tertiary/aromatic N) is 1. The Kier molecular flexibility index (Phi) is 45.7. The second-order valence-corrected chi connectivity index (χ2v) is 21.2. The maximum absolute atomic E-state index is 14.5. The molecule has 2 fully saturated rings. The van der Waals surface area contributed by atoms with Crippen LogP contribution in [-0.2, 0) is 15.0 Å². The first kappa shape index (κ1) is 73.9. The van der Waals surface area contributed by atoms with E-state index in [1.54, 1.807) is 6.08 Å². The van der Waals surface area contributed by atoms with E-state index in [4.69, 9.17) is 4.99 Å². The molecule has 3 unspecified atom stereocenters. The molecule has 410 valence electrons. The minimum Gasteiger partial charge on any atom is -0.356 e. The Hall–Kier alpha value is -3.60. The van der Waals surface area contributed by atoms with Gasteiger partial charge < -0.3 is 10.1 Å². The maximum Gasteiger partial charge on any atom is 0.146 e. The highest BCUT2D eigenvalue weighted by Crippen LogP contribution is 2.41. The van der Waals surface area contributed by atoms with Gasteiger partial charge in [0.05, 0.1) is 16.8 Å². The van der Waals surface area contributed by atoms with Gasteiger partial charge in [0, 0.05) is 17.8 Å². The summed E-state index contributed by atoms with van der Waals surface area (Å²) >= 11 is 0. The molecule has 5 heteroatoms. The smallest absolute Gasteiger partial charge is 0.146 e. The molecule has 0 aliphatic heterocycles. The predicted octanol–water partition coefficient (Wildman–Crippen LogP) is 21.4. The third-order valence-corrected chi connectivity index (χ3v) is 12.7. The SMILES string of the molecule is C=C/C(F)=C(\C=C(C)C)N/C(C)=C(C)/C(=C\C(=C)c1ccc(C(CCC)(CCC)C(=O)C(C)CC)c(C)c1)N=CCC.CC.CC(C)=O.CC(C)C.CCC.CCC1CC(C)C1.CCC1CCC(CC)C1. The number of carbonyl (C=O) groups excluding carboxylic acids is 2. The van der Waals surface area contributed by atoms with E-state index in [0.717, 1.165) is 113 Å². The lowest BCUT2D eigenvalue weighted by Crippen LogP contribution is -2.40. The van der Waals surface area contributed by atoms with E-state index in [9.17, 15) is 14.0 Å². The van der Waals surface area contributed by atoms with Crippen molar-refractivity contribution in [2.45, 2.75) is 261 Å². The summed E-state index contributed by atoms with van der Waals surface area (Å²) in [6, 6.07) is 6.39. The summed E-state index contributed by atoms with van der Waals surface area (Å²) in [5, 5.41) is 3.21. The van der Waals surface area contributed by atoms with Crippen LogP contribution in [0.5, 0.6) is 0 Å². The quantitative estimate of drug-likeness (QED) is 0.105. The summed E-state index contributed by atoms with van der Waals surface area (Å²) < 4.78 is 14.5. The van der Waals surface area contributed by atoms with Gasteiger partial charge in [-0.25, -0.2) is 4.39 Å². The first-order valence-electron chi connectivity index (χ1n) is 28.6. The topological polar surface area (TPSA) is 58.5 Å². The van der Waals surface area contributed by atoms with Crippen molar-refractivity contribution in [2.24, 2.45) is 40.5 Å². The first-order chi connectivity index (χ1) is 33.4. The number of allylic oxidation sites excluding steroid dienone is 8. The van der Waals surface area contributed by atoms with Crippen LogP contribution in [0.15, 0.2) is 88.6 Å². The van der Waals surface area contributed by atoms with Gasteiger partial charge in [0.2, 0.25) is 0 Å². The molecule has 1 aromatic rings. The lowest BCUT2D eigenvalue weighted by Gasteiger charge is -2.36. The standard InChI is InChI=1S/C38H55FN2O.C9H18.C7H14.C4H10.C3H6O.C3H8.C2H6/c1-13-20-38(21-14-2,37(42)27(8)16-4)33-19-18-32(24-29(33)10)28(9)25-35(40-22-15-3)30(11)31(12)41-36(23-26(6)7)34(39)17-5;1-3-8-5-6-9(4-2)7-8;1-3-7-4-6(2)5-7;1-4(2)3;1-3(2)4;1-3-2;1-2/h17-19,22-25,27,41H,5,9,13-16,20-21H2,1-4,6-8,10-12H3;8-9H,3-7H2,1-2H3;6-7H,3-5H2,1-2H3;4H,1-3H3;1-2H3;3H2,1-2H3;1-2H3/b31-30+,35-25+,36-34-,40-22?;;;;;;. The number of rotatable bonds is 20. The third kappa shape index (κ3) is 32.3. The van der Waals surface area contributed by atoms with E-state index in [1.165, 1.54) is 77.7 Å². The Labute approximate surface area is 442 Å². The highest BCUT2D eigenvalue weighted by atomic mass is 19.1. The number of hydrogen-bond donors (Lipinski definition) is 1. The van der Waals surface area contributed by atoms with Gasteiger partial charge in [-0.2, -0.15) is 0 Å². The van der Waals surface area contributed by atoms with Crippen molar-refractivity contribution in [1.82, 2.24) is 5.32 Å². The molecule has 2 aliphatic carbocycles.